The first-order valence-electron chi connectivity index (χ1n) is 6.92. The van der Waals surface area contributed by atoms with Gasteiger partial charge < -0.3 is 4.74 Å². The normalized spacial score (nSPS) is 11.2. The third-order valence-electron chi connectivity index (χ3n) is 3.35. The average Bonchev–Trinajstić information content (AvgIpc) is 3.28. The van der Waals surface area contributed by atoms with Gasteiger partial charge in [-0.1, -0.05) is 23.9 Å². The van der Waals surface area contributed by atoms with E-state index in [1.807, 2.05) is 51.0 Å². The van der Waals surface area contributed by atoms with Gasteiger partial charge in [-0.3, -0.25) is 8.97 Å². The smallest absolute Gasteiger partial charge is 0.196 e. The van der Waals surface area contributed by atoms with Crippen LogP contribution in [0.5, 0.6) is 5.75 Å². The van der Waals surface area contributed by atoms with Crippen LogP contribution in [-0.4, -0.2) is 31.3 Å². The molecule has 0 saturated carbocycles. The molecule has 0 fully saturated rings. The van der Waals surface area contributed by atoms with E-state index in [0.29, 0.717) is 0 Å². The molecule has 0 aliphatic carbocycles. The van der Waals surface area contributed by atoms with Gasteiger partial charge in [-0.05, 0) is 12.1 Å². The lowest BCUT2D eigenvalue weighted by Gasteiger charge is -2.10. The molecule has 0 aliphatic rings. The molecule has 0 spiro atoms. The lowest BCUT2D eigenvalue weighted by atomic mass is 10.3. The third-order valence-corrected chi connectivity index (χ3v) is 5.10. The second kappa shape index (κ2) is 6.05. The molecule has 0 aliphatic heterocycles. The van der Waals surface area contributed by atoms with Crippen molar-refractivity contribution in [3.63, 3.8) is 0 Å². The van der Waals surface area contributed by atoms with Crippen LogP contribution in [0.3, 0.4) is 0 Å². The van der Waals surface area contributed by atoms with E-state index in [-0.39, 0.29) is 0 Å². The number of para-hydroxylation sites is 2. The van der Waals surface area contributed by atoms with Gasteiger partial charge in [0, 0.05) is 23.5 Å². The number of fused-ring (bicyclic) bond motifs is 1. The van der Waals surface area contributed by atoms with E-state index in [9.17, 15) is 0 Å². The quantitative estimate of drug-likeness (QED) is 0.521. The van der Waals surface area contributed by atoms with Gasteiger partial charge in [0.2, 0.25) is 0 Å². The van der Waals surface area contributed by atoms with Crippen molar-refractivity contribution >= 4 is 28.1 Å². The van der Waals surface area contributed by atoms with Gasteiger partial charge in [-0.15, -0.1) is 21.5 Å². The minimum atomic E-state index is 0.738. The maximum atomic E-state index is 5.42. The molecule has 4 rings (SSSR count). The van der Waals surface area contributed by atoms with E-state index in [2.05, 4.69) is 15.2 Å². The first-order valence-corrected chi connectivity index (χ1v) is 8.79. The Kier molecular flexibility index (Phi) is 3.76. The van der Waals surface area contributed by atoms with Gasteiger partial charge in [-0.25, -0.2) is 4.98 Å². The number of nitrogens with zero attached hydrogens (tertiary/aromatic N) is 5. The molecule has 0 atom stereocenters. The topological polar surface area (TPSA) is 57.2 Å². The molecule has 3 heterocycles. The minimum Gasteiger partial charge on any atom is -0.495 e. The summed E-state index contributed by atoms with van der Waals surface area (Å²) in [5.41, 5.74) is 1.95. The summed E-state index contributed by atoms with van der Waals surface area (Å²) < 4.78 is 9.38. The molecule has 0 N–H and O–H groups in total. The average molecular weight is 343 g/mol. The molecule has 4 aromatic rings. The molecule has 1 aromatic carbocycles. The number of thiazole rings is 1. The Morgan fingerprint density at radius 1 is 1.30 bits per heavy atom. The van der Waals surface area contributed by atoms with E-state index in [1.165, 1.54) is 0 Å². The van der Waals surface area contributed by atoms with Gasteiger partial charge in [0.15, 0.2) is 10.1 Å². The van der Waals surface area contributed by atoms with Crippen LogP contribution in [0.1, 0.15) is 5.69 Å². The largest absolute Gasteiger partial charge is 0.495 e. The Morgan fingerprint density at radius 3 is 3.09 bits per heavy atom. The summed E-state index contributed by atoms with van der Waals surface area (Å²) in [5.74, 6) is 1.53. The number of ether oxygens (including phenoxy) is 1. The van der Waals surface area contributed by atoms with Crippen molar-refractivity contribution in [1.82, 2.24) is 24.1 Å². The Labute approximate surface area is 140 Å². The fourth-order valence-corrected chi connectivity index (χ4v) is 3.83. The third kappa shape index (κ3) is 2.71. The first kappa shape index (κ1) is 14.3. The Bertz CT molecular complexity index is 914. The molecule has 23 heavy (non-hydrogen) atoms. The maximum Gasteiger partial charge on any atom is 0.196 e. The molecule has 6 nitrogen and oxygen atoms in total. The number of hydrogen-bond donors (Lipinski definition) is 0. The van der Waals surface area contributed by atoms with Gasteiger partial charge in [0.1, 0.15) is 12.1 Å². The molecule has 0 amide bonds. The predicted octanol–water partition coefficient (Wildman–Crippen LogP) is 3.28. The van der Waals surface area contributed by atoms with Gasteiger partial charge in [-0.2, -0.15) is 0 Å². The minimum absolute atomic E-state index is 0.738. The zero-order valence-electron chi connectivity index (χ0n) is 12.3. The van der Waals surface area contributed by atoms with E-state index >= 15 is 0 Å². The fraction of sp³-hybridized carbons (Fsp3) is 0.133. The number of benzene rings is 1. The number of aromatic nitrogens is 5. The fourth-order valence-electron chi connectivity index (χ4n) is 2.30. The maximum absolute atomic E-state index is 5.42. The predicted molar refractivity (Wildman–Crippen MR) is 90.5 cm³/mol. The lowest BCUT2D eigenvalue weighted by Crippen LogP contribution is -1.98. The Hall–Kier alpha value is -2.32. The standard InChI is InChI=1S/C15H13N5OS2/c1-21-13-5-3-2-4-12(13)20-10-16-18-15(20)23-9-11-8-19-6-7-22-14(19)17-11/h2-8,10H,9H2,1H3. The SMILES string of the molecule is COc1ccccc1-n1cnnc1SCc1cn2ccsc2n1. The number of methoxy groups -OCH3 is 1. The van der Waals surface area contributed by atoms with Crippen LogP contribution >= 0.6 is 23.1 Å². The van der Waals surface area contributed by atoms with Crippen molar-refractivity contribution in [2.24, 2.45) is 0 Å². The van der Waals surface area contributed by atoms with E-state index in [0.717, 1.165) is 33.0 Å². The van der Waals surface area contributed by atoms with Crippen LogP contribution < -0.4 is 4.74 Å². The summed E-state index contributed by atoms with van der Waals surface area (Å²) in [7, 11) is 1.66. The van der Waals surface area contributed by atoms with Crippen LogP contribution in [-0.2, 0) is 5.75 Å². The zero-order valence-corrected chi connectivity index (χ0v) is 13.9. The number of rotatable bonds is 5. The molecular weight excluding hydrogens is 330 g/mol. The molecule has 0 radical (unpaired) electrons. The second-order valence-electron chi connectivity index (χ2n) is 4.77. The first-order chi connectivity index (χ1) is 11.3. The molecule has 8 heteroatoms. The highest BCUT2D eigenvalue weighted by Crippen LogP contribution is 2.28. The highest BCUT2D eigenvalue weighted by molar-refractivity contribution is 7.98. The van der Waals surface area contributed by atoms with Crippen molar-refractivity contribution in [1.29, 1.82) is 0 Å². The van der Waals surface area contributed by atoms with Crippen LogP contribution in [0.15, 0.2) is 53.5 Å². The van der Waals surface area contributed by atoms with E-state index in [4.69, 9.17) is 4.74 Å². The number of imidazole rings is 1. The van der Waals surface area contributed by atoms with Crippen LogP contribution in [0.2, 0.25) is 0 Å². The summed E-state index contributed by atoms with van der Waals surface area (Å²) in [6.45, 7) is 0. The Morgan fingerprint density at radius 2 is 2.22 bits per heavy atom. The summed E-state index contributed by atoms with van der Waals surface area (Å²) in [4.78, 5) is 5.59. The number of thioether (sulfide) groups is 1. The Balaban J connectivity index is 1.58. The van der Waals surface area contributed by atoms with Gasteiger partial charge in [0.05, 0.1) is 18.5 Å². The summed E-state index contributed by atoms with van der Waals surface area (Å²) >= 11 is 3.23. The van der Waals surface area contributed by atoms with Crippen molar-refractivity contribution in [3.8, 4) is 11.4 Å². The van der Waals surface area contributed by atoms with Gasteiger partial charge >= 0.3 is 0 Å². The monoisotopic (exact) mass is 343 g/mol. The summed E-state index contributed by atoms with van der Waals surface area (Å²) in [5, 5.41) is 11.1. The van der Waals surface area contributed by atoms with Crippen LogP contribution in [0.4, 0.5) is 0 Å². The molecule has 3 aromatic heterocycles. The molecule has 0 unspecified atom stereocenters. The lowest BCUT2D eigenvalue weighted by molar-refractivity contribution is 0.412. The van der Waals surface area contributed by atoms with Crippen molar-refractivity contribution in [2.45, 2.75) is 10.9 Å². The van der Waals surface area contributed by atoms with Crippen LogP contribution in [0, 0.1) is 0 Å². The van der Waals surface area contributed by atoms with Crippen molar-refractivity contribution in [2.75, 3.05) is 7.11 Å². The summed E-state index contributed by atoms with van der Waals surface area (Å²) in [6, 6.07) is 7.82. The highest BCUT2D eigenvalue weighted by Gasteiger charge is 2.12. The van der Waals surface area contributed by atoms with E-state index < -0.39 is 0 Å². The molecule has 0 bridgehead atoms. The zero-order chi connectivity index (χ0) is 15.6. The molecule has 0 saturated heterocycles. The van der Waals surface area contributed by atoms with Crippen molar-refractivity contribution in [3.05, 3.63) is 54.1 Å². The summed E-state index contributed by atoms with van der Waals surface area (Å²) in [6.07, 6.45) is 5.76. The highest BCUT2D eigenvalue weighted by atomic mass is 32.2. The number of hydrogen-bond acceptors (Lipinski definition) is 6. The van der Waals surface area contributed by atoms with Crippen molar-refractivity contribution < 1.29 is 4.74 Å². The van der Waals surface area contributed by atoms with Crippen LogP contribution in [0.25, 0.3) is 10.6 Å². The van der Waals surface area contributed by atoms with Gasteiger partial charge in [0.25, 0.3) is 0 Å². The molecule has 116 valence electrons. The second-order valence-corrected chi connectivity index (χ2v) is 6.58. The van der Waals surface area contributed by atoms with E-state index in [1.54, 1.807) is 36.5 Å². The molecular formula is C15H13N5OS2.